The van der Waals surface area contributed by atoms with Crippen LogP contribution in [-0.2, 0) is 4.79 Å². The summed E-state index contributed by atoms with van der Waals surface area (Å²) in [6.45, 7) is 9.51. The van der Waals surface area contributed by atoms with Crippen molar-refractivity contribution < 1.29 is 9.90 Å². The maximum Gasteiger partial charge on any atom is 0.307 e. The van der Waals surface area contributed by atoms with Crippen LogP contribution in [0, 0.1) is 11.3 Å². The molecule has 0 amide bonds. The van der Waals surface area contributed by atoms with Crippen molar-refractivity contribution in [2.45, 2.75) is 40.0 Å². The Morgan fingerprint density at radius 3 is 2.60 bits per heavy atom. The fourth-order valence-corrected chi connectivity index (χ4v) is 2.07. The molecule has 1 unspecified atom stereocenters. The second-order valence-electron chi connectivity index (χ2n) is 5.79. The summed E-state index contributed by atoms with van der Waals surface area (Å²) >= 11 is 0. The average Bonchev–Trinajstić information content (AvgIpc) is 2.50. The summed E-state index contributed by atoms with van der Waals surface area (Å²) < 4.78 is 0. The lowest BCUT2D eigenvalue weighted by Crippen LogP contribution is -2.25. The van der Waals surface area contributed by atoms with Crippen molar-refractivity contribution in [3.05, 3.63) is 0 Å². The Morgan fingerprint density at radius 2 is 2.13 bits per heavy atom. The SMILES string of the molecule is CC(C)(C)CCCN1CCC(C(=O)O)C1. The van der Waals surface area contributed by atoms with E-state index in [9.17, 15) is 4.79 Å². The second-order valence-corrected chi connectivity index (χ2v) is 5.79. The highest BCUT2D eigenvalue weighted by molar-refractivity contribution is 5.70. The Kier molecular flexibility index (Phi) is 4.14. The molecule has 0 aromatic heterocycles. The number of nitrogens with zero attached hydrogens (tertiary/aromatic N) is 1. The Morgan fingerprint density at radius 1 is 1.47 bits per heavy atom. The van der Waals surface area contributed by atoms with Gasteiger partial charge in [0.1, 0.15) is 0 Å². The van der Waals surface area contributed by atoms with E-state index < -0.39 is 5.97 Å². The predicted molar refractivity (Wildman–Crippen MR) is 60.9 cm³/mol. The van der Waals surface area contributed by atoms with Crippen molar-refractivity contribution in [2.24, 2.45) is 11.3 Å². The minimum atomic E-state index is -0.631. The molecule has 1 aliphatic heterocycles. The standard InChI is InChI=1S/C12H23NO2/c1-12(2,3)6-4-7-13-8-5-10(9-13)11(14)15/h10H,4-9H2,1-3H3,(H,14,15). The Hall–Kier alpha value is -0.570. The van der Waals surface area contributed by atoms with Crippen LogP contribution in [-0.4, -0.2) is 35.6 Å². The monoisotopic (exact) mass is 213 g/mol. The van der Waals surface area contributed by atoms with Gasteiger partial charge in [0, 0.05) is 6.54 Å². The molecule has 15 heavy (non-hydrogen) atoms. The van der Waals surface area contributed by atoms with E-state index in [1.165, 1.54) is 12.8 Å². The van der Waals surface area contributed by atoms with E-state index in [2.05, 4.69) is 25.7 Å². The number of hydrogen-bond acceptors (Lipinski definition) is 2. The van der Waals surface area contributed by atoms with Gasteiger partial charge >= 0.3 is 5.97 Å². The second kappa shape index (κ2) is 4.97. The summed E-state index contributed by atoms with van der Waals surface area (Å²) in [6.07, 6.45) is 3.21. The van der Waals surface area contributed by atoms with Crippen molar-refractivity contribution in [1.82, 2.24) is 4.90 Å². The van der Waals surface area contributed by atoms with E-state index in [4.69, 9.17) is 5.11 Å². The first kappa shape index (κ1) is 12.5. The van der Waals surface area contributed by atoms with Crippen LogP contribution in [0.2, 0.25) is 0 Å². The molecule has 88 valence electrons. The fourth-order valence-electron chi connectivity index (χ4n) is 2.07. The fraction of sp³-hybridized carbons (Fsp3) is 0.917. The minimum absolute atomic E-state index is 0.125. The first-order chi connectivity index (χ1) is 6.88. The van der Waals surface area contributed by atoms with Gasteiger partial charge in [0.2, 0.25) is 0 Å². The summed E-state index contributed by atoms with van der Waals surface area (Å²) in [4.78, 5) is 13.0. The smallest absolute Gasteiger partial charge is 0.307 e. The number of aliphatic carboxylic acids is 1. The normalized spacial score (nSPS) is 23.3. The molecule has 0 saturated carbocycles. The molecular weight excluding hydrogens is 190 g/mol. The summed E-state index contributed by atoms with van der Waals surface area (Å²) in [5.41, 5.74) is 0.395. The lowest BCUT2D eigenvalue weighted by atomic mass is 9.90. The third-order valence-corrected chi connectivity index (χ3v) is 3.02. The molecule has 1 atom stereocenters. The Labute approximate surface area is 92.5 Å². The maximum atomic E-state index is 10.8. The molecule has 0 aromatic rings. The summed E-state index contributed by atoms with van der Waals surface area (Å²) in [6, 6.07) is 0. The van der Waals surface area contributed by atoms with E-state index in [1.807, 2.05) is 0 Å². The van der Waals surface area contributed by atoms with Crippen LogP contribution < -0.4 is 0 Å². The first-order valence-electron chi connectivity index (χ1n) is 5.84. The molecule has 0 aliphatic carbocycles. The van der Waals surface area contributed by atoms with Gasteiger partial charge in [-0.05, 0) is 37.8 Å². The van der Waals surface area contributed by atoms with E-state index in [0.717, 1.165) is 26.1 Å². The molecule has 1 heterocycles. The van der Waals surface area contributed by atoms with Crippen LogP contribution in [0.5, 0.6) is 0 Å². The van der Waals surface area contributed by atoms with Crippen LogP contribution in [0.3, 0.4) is 0 Å². The molecule has 1 fully saturated rings. The number of carboxylic acids is 1. The number of rotatable bonds is 4. The first-order valence-corrected chi connectivity index (χ1v) is 5.84. The molecule has 3 nitrogen and oxygen atoms in total. The average molecular weight is 213 g/mol. The quantitative estimate of drug-likeness (QED) is 0.778. The van der Waals surface area contributed by atoms with E-state index in [0.29, 0.717) is 5.41 Å². The third-order valence-electron chi connectivity index (χ3n) is 3.02. The van der Waals surface area contributed by atoms with Crippen molar-refractivity contribution in [1.29, 1.82) is 0 Å². The van der Waals surface area contributed by atoms with Crippen LogP contribution in [0.1, 0.15) is 40.0 Å². The largest absolute Gasteiger partial charge is 0.481 e. The summed E-state index contributed by atoms with van der Waals surface area (Å²) in [5.74, 6) is -0.757. The van der Waals surface area contributed by atoms with Crippen molar-refractivity contribution in [2.75, 3.05) is 19.6 Å². The van der Waals surface area contributed by atoms with E-state index in [1.54, 1.807) is 0 Å². The van der Waals surface area contributed by atoms with Gasteiger partial charge in [-0.25, -0.2) is 0 Å². The number of hydrogen-bond donors (Lipinski definition) is 1. The molecule has 1 aliphatic rings. The topological polar surface area (TPSA) is 40.5 Å². The van der Waals surface area contributed by atoms with E-state index >= 15 is 0 Å². The van der Waals surface area contributed by atoms with Crippen molar-refractivity contribution >= 4 is 5.97 Å². The van der Waals surface area contributed by atoms with Gasteiger partial charge < -0.3 is 10.0 Å². The van der Waals surface area contributed by atoms with Gasteiger partial charge in [-0.1, -0.05) is 20.8 Å². The molecule has 0 radical (unpaired) electrons. The number of carbonyl (C=O) groups is 1. The highest BCUT2D eigenvalue weighted by atomic mass is 16.4. The zero-order valence-electron chi connectivity index (χ0n) is 10.1. The molecule has 1 N–H and O–H groups in total. The molecule has 0 aromatic carbocycles. The Bertz CT molecular complexity index is 220. The van der Waals surface area contributed by atoms with Crippen molar-refractivity contribution in [3.63, 3.8) is 0 Å². The number of carboxylic acid groups (broad SMARTS) is 1. The number of likely N-dealkylation sites (tertiary alicyclic amines) is 1. The molecule has 1 saturated heterocycles. The van der Waals surface area contributed by atoms with Crippen LogP contribution in [0.15, 0.2) is 0 Å². The molecular formula is C12H23NO2. The Balaban J connectivity index is 2.17. The van der Waals surface area contributed by atoms with Gasteiger partial charge in [0.25, 0.3) is 0 Å². The highest BCUT2D eigenvalue weighted by Gasteiger charge is 2.27. The van der Waals surface area contributed by atoms with Gasteiger partial charge in [0.15, 0.2) is 0 Å². The zero-order valence-corrected chi connectivity index (χ0v) is 10.1. The maximum absolute atomic E-state index is 10.8. The predicted octanol–water partition coefficient (Wildman–Crippen LogP) is 2.22. The van der Waals surface area contributed by atoms with Crippen molar-refractivity contribution in [3.8, 4) is 0 Å². The van der Waals surface area contributed by atoms with Crippen LogP contribution in [0.25, 0.3) is 0 Å². The summed E-state index contributed by atoms with van der Waals surface area (Å²) in [5, 5.41) is 8.86. The van der Waals surface area contributed by atoms with Gasteiger partial charge in [-0.15, -0.1) is 0 Å². The minimum Gasteiger partial charge on any atom is -0.481 e. The highest BCUT2D eigenvalue weighted by Crippen LogP contribution is 2.22. The van der Waals surface area contributed by atoms with Gasteiger partial charge in [-0.3, -0.25) is 4.79 Å². The molecule has 0 bridgehead atoms. The van der Waals surface area contributed by atoms with Gasteiger partial charge in [-0.2, -0.15) is 0 Å². The van der Waals surface area contributed by atoms with E-state index in [-0.39, 0.29) is 5.92 Å². The molecule has 1 rings (SSSR count). The molecule has 0 spiro atoms. The zero-order chi connectivity index (χ0) is 11.5. The molecule has 3 heteroatoms. The lowest BCUT2D eigenvalue weighted by molar-refractivity contribution is -0.141. The van der Waals surface area contributed by atoms with Crippen LogP contribution in [0.4, 0.5) is 0 Å². The van der Waals surface area contributed by atoms with Crippen LogP contribution >= 0.6 is 0 Å². The summed E-state index contributed by atoms with van der Waals surface area (Å²) in [7, 11) is 0. The third kappa shape index (κ3) is 4.65. The van der Waals surface area contributed by atoms with Gasteiger partial charge in [0.05, 0.1) is 5.92 Å². The lowest BCUT2D eigenvalue weighted by Gasteiger charge is -2.21.